The summed E-state index contributed by atoms with van der Waals surface area (Å²) >= 11 is 1.65. The Balaban J connectivity index is 1.45. The number of carbonyl (C=O) groups is 2. The molecule has 1 atom stereocenters. The molecule has 2 fully saturated rings. The van der Waals surface area contributed by atoms with Gasteiger partial charge in [0.1, 0.15) is 0 Å². The van der Waals surface area contributed by atoms with Crippen molar-refractivity contribution in [3.8, 4) is 0 Å². The summed E-state index contributed by atoms with van der Waals surface area (Å²) in [5.41, 5.74) is 2.50. The predicted molar refractivity (Wildman–Crippen MR) is 104 cm³/mol. The van der Waals surface area contributed by atoms with Crippen molar-refractivity contribution in [2.24, 2.45) is 5.92 Å². The summed E-state index contributed by atoms with van der Waals surface area (Å²) in [5.74, 6) is 1.62. The van der Waals surface area contributed by atoms with E-state index in [2.05, 4.69) is 31.2 Å². The van der Waals surface area contributed by atoms with E-state index >= 15 is 0 Å². The van der Waals surface area contributed by atoms with Gasteiger partial charge in [-0.2, -0.15) is 0 Å². The Morgan fingerprint density at radius 3 is 2.77 bits per heavy atom. The van der Waals surface area contributed by atoms with Crippen LogP contribution in [0.2, 0.25) is 0 Å². The molecule has 2 saturated heterocycles. The molecule has 2 heterocycles. The lowest BCUT2D eigenvalue weighted by molar-refractivity contribution is -0.143. The van der Waals surface area contributed by atoms with Gasteiger partial charge in [-0.1, -0.05) is 29.8 Å². The highest BCUT2D eigenvalue weighted by molar-refractivity contribution is 7.99. The Kier molecular flexibility index (Phi) is 6.97. The molecule has 0 radical (unpaired) electrons. The van der Waals surface area contributed by atoms with Crippen LogP contribution in [-0.2, 0) is 20.1 Å². The molecule has 0 saturated carbocycles. The minimum absolute atomic E-state index is 0.0485. The number of hydrogen-bond donors (Lipinski definition) is 0. The number of aryl methyl sites for hydroxylation is 1. The normalized spacial score (nSPS) is 20.9. The Hall–Kier alpha value is -1.53. The van der Waals surface area contributed by atoms with Gasteiger partial charge in [-0.15, -0.1) is 11.8 Å². The van der Waals surface area contributed by atoms with Crippen LogP contribution in [0, 0.1) is 12.8 Å². The SMILES string of the molecule is Cc1cccc(CSCC(=O)N2CCCC(C(=O)N3CCOCC3)C2)c1. The average Bonchev–Trinajstić information content (AvgIpc) is 2.68. The Morgan fingerprint density at radius 1 is 1.19 bits per heavy atom. The summed E-state index contributed by atoms with van der Waals surface area (Å²) in [6.07, 6.45) is 1.80. The first-order chi connectivity index (χ1) is 12.6. The number of benzene rings is 1. The van der Waals surface area contributed by atoms with Crippen LogP contribution in [-0.4, -0.2) is 66.8 Å². The van der Waals surface area contributed by atoms with Crippen LogP contribution in [0.25, 0.3) is 0 Å². The molecule has 0 bridgehead atoms. The summed E-state index contributed by atoms with van der Waals surface area (Å²) in [7, 11) is 0. The second-order valence-electron chi connectivity index (χ2n) is 7.10. The van der Waals surface area contributed by atoms with Crippen LogP contribution in [0.15, 0.2) is 24.3 Å². The molecule has 26 heavy (non-hydrogen) atoms. The summed E-state index contributed by atoms with van der Waals surface area (Å²) in [6.45, 7) is 6.02. The van der Waals surface area contributed by atoms with E-state index in [1.54, 1.807) is 11.8 Å². The van der Waals surface area contributed by atoms with Crippen LogP contribution in [0.3, 0.4) is 0 Å². The lowest BCUT2D eigenvalue weighted by Crippen LogP contribution is -2.49. The fourth-order valence-corrected chi connectivity index (χ4v) is 4.47. The highest BCUT2D eigenvalue weighted by Crippen LogP contribution is 2.21. The zero-order valence-corrected chi connectivity index (χ0v) is 16.3. The summed E-state index contributed by atoms with van der Waals surface area (Å²) in [6, 6.07) is 8.40. The maximum absolute atomic E-state index is 12.7. The topological polar surface area (TPSA) is 49.9 Å². The molecule has 3 rings (SSSR count). The van der Waals surface area contributed by atoms with Crippen molar-refractivity contribution in [3.05, 3.63) is 35.4 Å². The van der Waals surface area contributed by atoms with Gasteiger partial charge >= 0.3 is 0 Å². The molecule has 1 aromatic rings. The second-order valence-corrected chi connectivity index (χ2v) is 8.08. The zero-order chi connectivity index (χ0) is 18.4. The Bertz CT molecular complexity index is 631. The van der Waals surface area contributed by atoms with Crippen molar-refractivity contribution in [1.29, 1.82) is 0 Å². The molecule has 2 aliphatic heterocycles. The Labute approximate surface area is 160 Å². The molecule has 6 heteroatoms. The monoisotopic (exact) mass is 376 g/mol. The van der Waals surface area contributed by atoms with Crippen LogP contribution in [0.1, 0.15) is 24.0 Å². The highest BCUT2D eigenvalue weighted by Gasteiger charge is 2.31. The van der Waals surface area contributed by atoms with Crippen molar-refractivity contribution < 1.29 is 14.3 Å². The van der Waals surface area contributed by atoms with Gasteiger partial charge in [0.25, 0.3) is 0 Å². The number of carbonyl (C=O) groups excluding carboxylic acids is 2. The summed E-state index contributed by atoms with van der Waals surface area (Å²) < 4.78 is 5.32. The number of hydrogen-bond acceptors (Lipinski definition) is 4. The van der Waals surface area contributed by atoms with Crippen LogP contribution in [0.5, 0.6) is 0 Å². The van der Waals surface area contributed by atoms with Crippen LogP contribution in [0.4, 0.5) is 0 Å². The van der Waals surface area contributed by atoms with Crippen molar-refractivity contribution in [2.45, 2.75) is 25.5 Å². The third-order valence-electron chi connectivity index (χ3n) is 5.02. The van der Waals surface area contributed by atoms with E-state index in [1.165, 1.54) is 11.1 Å². The number of amides is 2. The summed E-state index contributed by atoms with van der Waals surface area (Å²) in [4.78, 5) is 29.0. The number of rotatable bonds is 5. The molecular weight excluding hydrogens is 348 g/mol. The van der Waals surface area contributed by atoms with Gasteiger partial charge in [-0.3, -0.25) is 9.59 Å². The number of morpholine rings is 1. The smallest absolute Gasteiger partial charge is 0.232 e. The molecule has 1 unspecified atom stereocenters. The minimum Gasteiger partial charge on any atom is -0.378 e. The number of piperidine rings is 1. The van der Waals surface area contributed by atoms with Crippen molar-refractivity contribution >= 4 is 23.6 Å². The van der Waals surface area contributed by atoms with E-state index in [0.717, 1.165) is 25.1 Å². The predicted octanol–water partition coefficient (Wildman–Crippen LogP) is 2.33. The van der Waals surface area contributed by atoms with Gasteiger partial charge in [-0.25, -0.2) is 0 Å². The number of ether oxygens (including phenoxy) is 1. The van der Waals surface area contributed by atoms with Crippen LogP contribution >= 0.6 is 11.8 Å². The number of nitrogens with zero attached hydrogens (tertiary/aromatic N) is 2. The zero-order valence-electron chi connectivity index (χ0n) is 15.5. The van der Waals surface area contributed by atoms with E-state index in [4.69, 9.17) is 4.74 Å². The van der Waals surface area contributed by atoms with Crippen molar-refractivity contribution in [1.82, 2.24) is 9.80 Å². The van der Waals surface area contributed by atoms with E-state index < -0.39 is 0 Å². The molecule has 0 spiro atoms. The van der Waals surface area contributed by atoms with Gasteiger partial charge in [0.05, 0.1) is 24.9 Å². The van der Waals surface area contributed by atoms with Crippen LogP contribution < -0.4 is 0 Å². The lowest BCUT2D eigenvalue weighted by atomic mass is 9.96. The summed E-state index contributed by atoms with van der Waals surface area (Å²) in [5, 5.41) is 0. The maximum Gasteiger partial charge on any atom is 0.232 e. The quantitative estimate of drug-likeness (QED) is 0.791. The molecule has 0 N–H and O–H groups in total. The first kappa shape index (κ1) is 19.2. The second kappa shape index (κ2) is 9.42. The minimum atomic E-state index is -0.0485. The molecule has 2 aliphatic rings. The van der Waals surface area contributed by atoms with Gasteiger partial charge in [0, 0.05) is 31.9 Å². The molecule has 0 aliphatic carbocycles. The maximum atomic E-state index is 12.7. The fraction of sp³-hybridized carbons (Fsp3) is 0.600. The fourth-order valence-electron chi connectivity index (χ4n) is 3.60. The van der Waals surface area contributed by atoms with E-state index in [0.29, 0.717) is 38.6 Å². The third kappa shape index (κ3) is 5.24. The molecule has 0 aromatic heterocycles. The van der Waals surface area contributed by atoms with Crippen molar-refractivity contribution in [2.75, 3.05) is 45.1 Å². The van der Waals surface area contributed by atoms with E-state index in [1.807, 2.05) is 9.80 Å². The molecule has 2 amide bonds. The number of thioether (sulfide) groups is 1. The number of likely N-dealkylation sites (tertiary alicyclic amines) is 1. The molecule has 142 valence electrons. The van der Waals surface area contributed by atoms with E-state index in [-0.39, 0.29) is 17.7 Å². The molecule has 5 nitrogen and oxygen atoms in total. The average molecular weight is 377 g/mol. The van der Waals surface area contributed by atoms with Gasteiger partial charge < -0.3 is 14.5 Å². The molecule has 1 aromatic carbocycles. The van der Waals surface area contributed by atoms with Gasteiger partial charge in [0.15, 0.2) is 0 Å². The Morgan fingerprint density at radius 2 is 2.00 bits per heavy atom. The lowest BCUT2D eigenvalue weighted by Gasteiger charge is -2.36. The molecular formula is C20H28N2O3S. The first-order valence-electron chi connectivity index (χ1n) is 9.41. The van der Waals surface area contributed by atoms with E-state index in [9.17, 15) is 9.59 Å². The first-order valence-corrected chi connectivity index (χ1v) is 10.6. The largest absolute Gasteiger partial charge is 0.378 e. The van der Waals surface area contributed by atoms with Gasteiger partial charge in [0.2, 0.25) is 11.8 Å². The van der Waals surface area contributed by atoms with Crippen molar-refractivity contribution in [3.63, 3.8) is 0 Å². The standard InChI is InChI=1S/C20H28N2O3S/c1-16-4-2-5-17(12-16)14-26-15-19(23)22-7-3-6-18(13-22)20(24)21-8-10-25-11-9-21/h2,4-5,12,18H,3,6-11,13-15H2,1H3. The van der Waals surface area contributed by atoms with Gasteiger partial charge in [-0.05, 0) is 25.3 Å². The third-order valence-corrected chi connectivity index (χ3v) is 6.01. The highest BCUT2D eigenvalue weighted by atomic mass is 32.2.